The zero-order valence-electron chi connectivity index (χ0n) is 15.6. The van der Waals surface area contributed by atoms with E-state index in [0.717, 1.165) is 51.0 Å². The summed E-state index contributed by atoms with van der Waals surface area (Å²) in [5, 5.41) is 6.82. The molecule has 1 aromatic heterocycles. The van der Waals surface area contributed by atoms with Crippen molar-refractivity contribution in [2.45, 2.75) is 33.4 Å². The van der Waals surface area contributed by atoms with E-state index in [1.165, 1.54) is 0 Å². The molecule has 1 fully saturated rings. The molecular weight excluding hydrogens is 429 g/mol. The first-order valence-electron chi connectivity index (χ1n) is 8.94. The third-order valence-electron chi connectivity index (χ3n) is 4.23. The van der Waals surface area contributed by atoms with E-state index in [-0.39, 0.29) is 24.0 Å². The minimum Gasteiger partial charge on any atom is -0.379 e. The van der Waals surface area contributed by atoms with Crippen LogP contribution < -0.4 is 10.6 Å². The van der Waals surface area contributed by atoms with Crippen molar-refractivity contribution in [2.24, 2.45) is 10.9 Å². The Morgan fingerprint density at radius 2 is 2.04 bits per heavy atom. The molecule has 1 saturated heterocycles. The second kappa shape index (κ2) is 12.4. The first kappa shape index (κ1) is 22.1. The molecule has 0 spiro atoms. The van der Waals surface area contributed by atoms with Crippen LogP contribution in [0.25, 0.3) is 0 Å². The number of guanidine groups is 1. The Bertz CT molecular complexity index is 491. The Balaban J connectivity index is 0.00000312. The third kappa shape index (κ3) is 7.87. The lowest BCUT2D eigenvalue weighted by Gasteiger charge is -2.37. The fourth-order valence-corrected chi connectivity index (χ4v) is 2.89. The maximum absolute atomic E-state index is 5.48. The van der Waals surface area contributed by atoms with Crippen molar-refractivity contribution >= 4 is 29.9 Å². The minimum atomic E-state index is 0. The van der Waals surface area contributed by atoms with Crippen LogP contribution in [0.5, 0.6) is 0 Å². The van der Waals surface area contributed by atoms with Gasteiger partial charge in [-0.2, -0.15) is 0 Å². The molecular formula is C18H32IN5O. The van der Waals surface area contributed by atoms with E-state index in [1.807, 2.05) is 18.2 Å². The van der Waals surface area contributed by atoms with Gasteiger partial charge in [-0.15, -0.1) is 24.0 Å². The molecule has 2 N–H and O–H groups in total. The van der Waals surface area contributed by atoms with Gasteiger partial charge in [0.1, 0.15) is 0 Å². The maximum atomic E-state index is 5.48. The molecule has 0 saturated carbocycles. The highest BCUT2D eigenvalue weighted by atomic mass is 127. The van der Waals surface area contributed by atoms with Crippen LogP contribution in [-0.4, -0.2) is 61.3 Å². The van der Waals surface area contributed by atoms with Crippen LogP contribution in [0.15, 0.2) is 29.4 Å². The predicted octanol–water partition coefficient (Wildman–Crippen LogP) is 2.11. The summed E-state index contributed by atoms with van der Waals surface area (Å²) >= 11 is 0. The highest BCUT2D eigenvalue weighted by molar-refractivity contribution is 14.0. The number of aromatic nitrogens is 1. The molecule has 1 atom stereocenters. The number of aliphatic imine (C=N–C) groups is 1. The van der Waals surface area contributed by atoms with E-state index in [0.29, 0.717) is 18.5 Å². The number of ether oxygens (including phenoxy) is 1. The van der Waals surface area contributed by atoms with Crippen LogP contribution in [0.1, 0.15) is 26.5 Å². The number of halogens is 1. The Hall–Kier alpha value is -0.930. The summed E-state index contributed by atoms with van der Waals surface area (Å²) in [4.78, 5) is 11.5. The van der Waals surface area contributed by atoms with Crippen molar-refractivity contribution in [3.8, 4) is 0 Å². The normalized spacial score (nSPS) is 17.0. The molecule has 25 heavy (non-hydrogen) atoms. The zero-order chi connectivity index (χ0) is 17.2. The molecule has 1 aromatic rings. The van der Waals surface area contributed by atoms with Gasteiger partial charge < -0.3 is 15.4 Å². The molecule has 142 valence electrons. The number of morpholine rings is 1. The summed E-state index contributed by atoms with van der Waals surface area (Å²) in [6.45, 7) is 12.6. The molecule has 2 heterocycles. The first-order chi connectivity index (χ1) is 11.7. The first-order valence-corrected chi connectivity index (χ1v) is 8.94. The predicted molar refractivity (Wildman–Crippen MR) is 113 cm³/mol. The molecule has 1 aliphatic heterocycles. The standard InChI is InChI=1S/C18H31N5O.HI/c1-4-19-18(21-13-16-7-5-6-8-20-16)22-14-17(15(2)3)23-9-11-24-12-10-23;/h5-8,15,17H,4,9-14H2,1-3H3,(H2,19,21,22);1H. The van der Waals surface area contributed by atoms with Crippen molar-refractivity contribution in [2.75, 3.05) is 39.4 Å². The van der Waals surface area contributed by atoms with Gasteiger partial charge in [0.2, 0.25) is 0 Å². The third-order valence-corrected chi connectivity index (χ3v) is 4.23. The monoisotopic (exact) mass is 461 g/mol. The lowest BCUT2D eigenvalue weighted by molar-refractivity contribution is 0.00752. The molecule has 1 aliphatic rings. The van der Waals surface area contributed by atoms with Gasteiger partial charge in [0.05, 0.1) is 25.5 Å². The SMILES string of the molecule is CCNC(=NCc1ccccn1)NCC(C(C)C)N1CCOCC1.I. The summed E-state index contributed by atoms with van der Waals surface area (Å²) in [6, 6.07) is 6.39. The fraction of sp³-hybridized carbons (Fsp3) is 0.667. The van der Waals surface area contributed by atoms with Gasteiger partial charge in [-0.3, -0.25) is 9.88 Å². The van der Waals surface area contributed by atoms with Gasteiger partial charge >= 0.3 is 0 Å². The number of hydrogen-bond donors (Lipinski definition) is 2. The zero-order valence-corrected chi connectivity index (χ0v) is 17.9. The highest BCUT2D eigenvalue weighted by Crippen LogP contribution is 2.12. The molecule has 6 nitrogen and oxygen atoms in total. The van der Waals surface area contributed by atoms with Gasteiger partial charge in [-0.05, 0) is 25.0 Å². The molecule has 0 amide bonds. The van der Waals surface area contributed by atoms with Crippen molar-refractivity contribution in [1.82, 2.24) is 20.5 Å². The van der Waals surface area contributed by atoms with E-state index in [2.05, 4.69) is 46.3 Å². The highest BCUT2D eigenvalue weighted by Gasteiger charge is 2.23. The average molecular weight is 461 g/mol. The smallest absolute Gasteiger partial charge is 0.191 e. The largest absolute Gasteiger partial charge is 0.379 e. The van der Waals surface area contributed by atoms with Gasteiger partial charge in [0.25, 0.3) is 0 Å². The average Bonchev–Trinajstić information content (AvgIpc) is 2.61. The van der Waals surface area contributed by atoms with E-state index >= 15 is 0 Å². The molecule has 0 radical (unpaired) electrons. The van der Waals surface area contributed by atoms with Crippen molar-refractivity contribution in [1.29, 1.82) is 0 Å². The van der Waals surface area contributed by atoms with E-state index in [9.17, 15) is 0 Å². The summed E-state index contributed by atoms with van der Waals surface area (Å²) in [5.74, 6) is 1.43. The molecule has 7 heteroatoms. The van der Waals surface area contributed by atoms with Crippen LogP contribution in [0, 0.1) is 5.92 Å². The second-order valence-corrected chi connectivity index (χ2v) is 6.36. The summed E-state index contributed by atoms with van der Waals surface area (Å²) in [5.41, 5.74) is 0.975. The molecule has 0 aliphatic carbocycles. The van der Waals surface area contributed by atoms with Crippen molar-refractivity contribution in [3.05, 3.63) is 30.1 Å². The van der Waals surface area contributed by atoms with Crippen LogP contribution in [0.3, 0.4) is 0 Å². The lowest BCUT2D eigenvalue weighted by atomic mass is 10.0. The van der Waals surface area contributed by atoms with E-state index in [4.69, 9.17) is 4.74 Å². The summed E-state index contributed by atoms with van der Waals surface area (Å²) < 4.78 is 5.48. The van der Waals surface area contributed by atoms with Crippen molar-refractivity contribution < 1.29 is 4.74 Å². The van der Waals surface area contributed by atoms with Crippen LogP contribution in [-0.2, 0) is 11.3 Å². The molecule has 0 aromatic carbocycles. The summed E-state index contributed by atoms with van der Waals surface area (Å²) in [6.07, 6.45) is 1.80. The minimum absolute atomic E-state index is 0. The Morgan fingerprint density at radius 1 is 1.28 bits per heavy atom. The Labute approximate surface area is 168 Å². The molecule has 0 bridgehead atoms. The Kier molecular flexibility index (Phi) is 11.0. The van der Waals surface area contributed by atoms with Gasteiger partial charge in [0, 0.05) is 38.4 Å². The number of hydrogen-bond acceptors (Lipinski definition) is 4. The molecule has 1 unspecified atom stereocenters. The summed E-state index contributed by atoms with van der Waals surface area (Å²) in [7, 11) is 0. The molecule has 2 rings (SSSR count). The van der Waals surface area contributed by atoms with Crippen molar-refractivity contribution in [3.63, 3.8) is 0 Å². The Morgan fingerprint density at radius 3 is 2.64 bits per heavy atom. The number of rotatable bonds is 7. The quantitative estimate of drug-likeness (QED) is 0.370. The van der Waals surface area contributed by atoms with Gasteiger partial charge in [0.15, 0.2) is 5.96 Å². The van der Waals surface area contributed by atoms with E-state index < -0.39 is 0 Å². The fourth-order valence-electron chi connectivity index (χ4n) is 2.89. The second-order valence-electron chi connectivity index (χ2n) is 6.36. The number of nitrogens with zero attached hydrogens (tertiary/aromatic N) is 3. The van der Waals surface area contributed by atoms with Gasteiger partial charge in [-0.25, -0.2) is 4.99 Å². The maximum Gasteiger partial charge on any atom is 0.191 e. The van der Waals surface area contributed by atoms with Crippen LogP contribution in [0.2, 0.25) is 0 Å². The lowest BCUT2D eigenvalue weighted by Crippen LogP contribution is -2.52. The topological polar surface area (TPSA) is 61.8 Å². The number of nitrogens with one attached hydrogen (secondary N) is 2. The van der Waals surface area contributed by atoms with Crippen LogP contribution >= 0.6 is 24.0 Å². The van der Waals surface area contributed by atoms with Gasteiger partial charge in [-0.1, -0.05) is 19.9 Å². The van der Waals surface area contributed by atoms with E-state index in [1.54, 1.807) is 6.20 Å². The van der Waals surface area contributed by atoms with Crippen LogP contribution in [0.4, 0.5) is 0 Å². The number of pyridine rings is 1.